The Morgan fingerprint density at radius 3 is 2.37 bits per heavy atom. The summed E-state index contributed by atoms with van der Waals surface area (Å²) >= 11 is 0. The van der Waals surface area contributed by atoms with Crippen molar-refractivity contribution >= 4 is 17.2 Å². The minimum absolute atomic E-state index is 0.244. The molecule has 0 aliphatic carbocycles. The Balaban J connectivity index is 2.18. The third kappa shape index (κ3) is 1.93. The molecule has 0 N–H and O–H groups in total. The summed E-state index contributed by atoms with van der Waals surface area (Å²) in [4.78, 5) is 10.9. The fourth-order valence-corrected chi connectivity index (χ4v) is 2.29. The molecule has 0 unspecified atom stereocenters. The van der Waals surface area contributed by atoms with E-state index in [4.69, 9.17) is 0 Å². The third-order valence-electron chi connectivity index (χ3n) is 3.38. The molecule has 0 spiro atoms. The summed E-state index contributed by atoms with van der Waals surface area (Å²) in [6.07, 6.45) is 0.845. The number of benzene rings is 2. The van der Waals surface area contributed by atoms with Gasteiger partial charge in [0.15, 0.2) is 6.29 Å². The highest BCUT2D eigenvalue weighted by Crippen LogP contribution is 2.26. The lowest BCUT2D eigenvalue weighted by atomic mass is 10.0. The molecule has 0 fully saturated rings. The van der Waals surface area contributed by atoms with E-state index in [9.17, 15) is 9.18 Å². The molecule has 0 atom stereocenters. The van der Waals surface area contributed by atoms with Crippen molar-refractivity contribution in [3.05, 3.63) is 60.0 Å². The number of aromatic nitrogens is 1. The zero-order valence-electron chi connectivity index (χ0n) is 10.4. The molecule has 3 rings (SSSR count). The molecular weight excluding hydrogens is 241 g/mol. The van der Waals surface area contributed by atoms with Crippen molar-refractivity contribution < 1.29 is 9.18 Å². The molecule has 0 amide bonds. The highest BCUT2D eigenvalue weighted by atomic mass is 19.1. The second-order valence-corrected chi connectivity index (χ2v) is 4.53. The van der Waals surface area contributed by atoms with E-state index in [0.717, 1.165) is 28.3 Å². The Hall–Kier alpha value is -2.42. The lowest BCUT2D eigenvalue weighted by Gasteiger charge is -2.04. The van der Waals surface area contributed by atoms with Crippen molar-refractivity contribution in [2.75, 3.05) is 0 Å². The number of hydrogen-bond acceptors (Lipinski definition) is 1. The van der Waals surface area contributed by atoms with Gasteiger partial charge < -0.3 is 4.57 Å². The Morgan fingerprint density at radius 2 is 1.68 bits per heavy atom. The lowest BCUT2D eigenvalue weighted by Crippen LogP contribution is -1.93. The van der Waals surface area contributed by atoms with Gasteiger partial charge >= 0.3 is 0 Å². The third-order valence-corrected chi connectivity index (χ3v) is 3.38. The van der Waals surface area contributed by atoms with E-state index in [1.54, 1.807) is 12.1 Å². The molecule has 2 aromatic carbocycles. The monoisotopic (exact) mass is 253 g/mol. The second kappa shape index (κ2) is 4.35. The van der Waals surface area contributed by atoms with Crippen molar-refractivity contribution in [2.45, 2.75) is 0 Å². The molecule has 3 aromatic rings. The first-order chi connectivity index (χ1) is 9.19. The number of aldehydes is 1. The molecule has 0 bridgehead atoms. The number of carbonyl (C=O) groups excluding carboxylic acids is 1. The van der Waals surface area contributed by atoms with Gasteiger partial charge in [-0.1, -0.05) is 24.3 Å². The molecule has 1 aromatic heterocycles. The largest absolute Gasteiger partial charge is 0.341 e. The first-order valence-corrected chi connectivity index (χ1v) is 5.99. The Kier molecular flexibility index (Phi) is 2.67. The number of rotatable bonds is 2. The van der Waals surface area contributed by atoms with Crippen LogP contribution in [0.3, 0.4) is 0 Å². The van der Waals surface area contributed by atoms with Gasteiger partial charge in [0.2, 0.25) is 0 Å². The van der Waals surface area contributed by atoms with Crippen LogP contribution in [0.4, 0.5) is 4.39 Å². The van der Waals surface area contributed by atoms with E-state index in [-0.39, 0.29) is 5.82 Å². The summed E-state index contributed by atoms with van der Waals surface area (Å²) in [6.45, 7) is 0. The first kappa shape index (κ1) is 11.7. The van der Waals surface area contributed by atoms with Crippen molar-refractivity contribution in [1.82, 2.24) is 4.57 Å². The molecular formula is C16H12FNO. The average molecular weight is 253 g/mol. The zero-order valence-corrected chi connectivity index (χ0v) is 10.4. The van der Waals surface area contributed by atoms with Crippen LogP contribution in [0.15, 0.2) is 48.5 Å². The summed E-state index contributed by atoms with van der Waals surface area (Å²) < 4.78 is 14.8. The molecule has 94 valence electrons. The van der Waals surface area contributed by atoms with Gasteiger partial charge in [0.05, 0.1) is 5.69 Å². The first-order valence-electron chi connectivity index (χ1n) is 5.99. The summed E-state index contributed by atoms with van der Waals surface area (Å²) in [6, 6.07) is 14.2. The topological polar surface area (TPSA) is 22.0 Å². The molecule has 0 radical (unpaired) electrons. The minimum Gasteiger partial charge on any atom is -0.341 e. The molecule has 0 saturated carbocycles. The van der Waals surface area contributed by atoms with Crippen molar-refractivity contribution in [3.8, 4) is 11.1 Å². The van der Waals surface area contributed by atoms with Crippen LogP contribution in [0.5, 0.6) is 0 Å². The molecule has 1 heterocycles. The number of nitrogens with zero attached hydrogens (tertiary/aromatic N) is 1. The number of carbonyl (C=O) groups is 1. The maximum absolute atomic E-state index is 12.9. The van der Waals surface area contributed by atoms with Crippen molar-refractivity contribution in [1.29, 1.82) is 0 Å². The van der Waals surface area contributed by atoms with E-state index < -0.39 is 0 Å². The van der Waals surface area contributed by atoms with Crippen LogP contribution in [0, 0.1) is 5.82 Å². The average Bonchev–Trinajstić information content (AvgIpc) is 2.76. The number of fused-ring (bicyclic) bond motifs is 1. The summed E-state index contributed by atoms with van der Waals surface area (Å²) in [5.41, 5.74) is 3.60. The van der Waals surface area contributed by atoms with Gasteiger partial charge in [-0.3, -0.25) is 4.79 Å². The predicted octanol–water partition coefficient (Wildman–Crippen LogP) is 3.80. The molecule has 3 heteroatoms. The fraction of sp³-hybridized carbons (Fsp3) is 0.0625. The maximum Gasteiger partial charge on any atom is 0.166 e. The molecule has 0 aliphatic heterocycles. The maximum atomic E-state index is 12.9. The fourth-order valence-electron chi connectivity index (χ4n) is 2.29. The van der Waals surface area contributed by atoms with Gasteiger partial charge in [-0.2, -0.15) is 0 Å². The van der Waals surface area contributed by atoms with E-state index in [0.29, 0.717) is 5.69 Å². The van der Waals surface area contributed by atoms with Gasteiger partial charge in [0.1, 0.15) is 5.82 Å². The predicted molar refractivity (Wildman–Crippen MR) is 73.7 cm³/mol. The normalized spacial score (nSPS) is 10.8. The van der Waals surface area contributed by atoms with E-state index in [1.807, 2.05) is 35.9 Å². The van der Waals surface area contributed by atoms with Gasteiger partial charge in [-0.05, 0) is 35.4 Å². The molecule has 19 heavy (non-hydrogen) atoms. The number of aryl methyl sites for hydroxylation is 1. The second-order valence-electron chi connectivity index (χ2n) is 4.53. The Morgan fingerprint density at radius 1 is 1.00 bits per heavy atom. The Bertz CT molecular complexity index is 756. The molecule has 0 aliphatic rings. The number of halogens is 1. The highest BCUT2D eigenvalue weighted by Gasteiger charge is 2.06. The lowest BCUT2D eigenvalue weighted by molar-refractivity contribution is 0.111. The summed E-state index contributed by atoms with van der Waals surface area (Å²) in [7, 11) is 1.86. The van der Waals surface area contributed by atoms with Gasteiger partial charge in [0.25, 0.3) is 0 Å². The van der Waals surface area contributed by atoms with Crippen molar-refractivity contribution in [2.24, 2.45) is 7.05 Å². The molecule has 0 saturated heterocycles. The smallest absolute Gasteiger partial charge is 0.166 e. The molecule has 2 nitrogen and oxygen atoms in total. The van der Waals surface area contributed by atoms with Crippen LogP contribution in [-0.4, -0.2) is 10.9 Å². The summed E-state index contributed by atoms with van der Waals surface area (Å²) in [5.74, 6) is -0.244. The van der Waals surface area contributed by atoms with Gasteiger partial charge in [-0.15, -0.1) is 0 Å². The quantitative estimate of drug-likeness (QED) is 0.637. The van der Waals surface area contributed by atoms with Gasteiger partial charge in [0, 0.05) is 18.0 Å². The highest BCUT2D eigenvalue weighted by molar-refractivity contribution is 5.91. The van der Waals surface area contributed by atoms with Crippen LogP contribution in [0.25, 0.3) is 22.0 Å². The van der Waals surface area contributed by atoms with Crippen LogP contribution >= 0.6 is 0 Å². The Labute approximate surface area is 110 Å². The summed E-state index contributed by atoms with van der Waals surface area (Å²) in [5, 5.41) is 1.02. The van der Waals surface area contributed by atoms with Gasteiger partial charge in [-0.25, -0.2) is 4.39 Å². The zero-order chi connectivity index (χ0) is 13.4. The number of hydrogen-bond donors (Lipinski definition) is 0. The van der Waals surface area contributed by atoms with Crippen molar-refractivity contribution in [3.63, 3.8) is 0 Å². The van der Waals surface area contributed by atoms with Crippen LogP contribution in [-0.2, 0) is 7.05 Å². The van der Waals surface area contributed by atoms with Crippen LogP contribution < -0.4 is 0 Å². The van der Waals surface area contributed by atoms with Crippen LogP contribution in [0.2, 0.25) is 0 Å². The van der Waals surface area contributed by atoms with E-state index >= 15 is 0 Å². The van der Waals surface area contributed by atoms with E-state index in [2.05, 4.69) is 0 Å². The van der Waals surface area contributed by atoms with E-state index in [1.165, 1.54) is 12.1 Å². The van der Waals surface area contributed by atoms with Crippen LogP contribution in [0.1, 0.15) is 10.5 Å². The standard InChI is InChI=1S/C16H12FNO/c1-18-15(10-19)8-13-3-2-12(9-16(13)18)11-4-6-14(17)7-5-11/h2-10H,1H3. The minimum atomic E-state index is -0.244. The SMILES string of the molecule is Cn1c(C=O)cc2ccc(-c3ccc(F)cc3)cc21.